The molecular weight excluding hydrogens is 250 g/mol. The lowest BCUT2D eigenvalue weighted by Gasteiger charge is -2.32. The summed E-state index contributed by atoms with van der Waals surface area (Å²) in [5, 5.41) is 0. The Labute approximate surface area is 123 Å². The van der Waals surface area contributed by atoms with Gasteiger partial charge in [-0.15, -0.1) is 0 Å². The molecule has 0 fully saturated rings. The zero-order valence-electron chi connectivity index (χ0n) is 13.7. The van der Waals surface area contributed by atoms with E-state index in [1.54, 1.807) is 0 Å². The minimum Gasteiger partial charge on any atom is -0.331 e. The average molecular weight is 281 g/mol. The quantitative estimate of drug-likeness (QED) is 0.749. The minimum atomic E-state index is 0.250. The summed E-state index contributed by atoms with van der Waals surface area (Å²) in [5.74, 6) is 0. The van der Waals surface area contributed by atoms with Crippen molar-refractivity contribution in [2.24, 2.45) is 5.73 Å². The third-order valence-corrected chi connectivity index (χ3v) is 3.60. The minimum absolute atomic E-state index is 0.250. The van der Waals surface area contributed by atoms with Crippen molar-refractivity contribution in [2.45, 2.75) is 39.3 Å². The van der Waals surface area contributed by atoms with E-state index in [1.807, 2.05) is 12.5 Å². The van der Waals surface area contributed by atoms with Crippen LogP contribution in [0.1, 0.15) is 45.0 Å². The van der Waals surface area contributed by atoms with Crippen molar-refractivity contribution in [3.05, 3.63) is 18.2 Å². The summed E-state index contributed by atoms with van der Waals surface area (Å²) in [4.78, 5) is 9.02. The second kappa shape index (κ2) is 8.39. The molecule has 0 aliphatic carbocycles. The maximum absolute atomic E-state index is 6.07. The van der Waals surface area contributed by atoms with Gasteiger partial charge >= 0.3 is 0 Å². The van der Waals surface area contributed by atoms with Gasteiger partial charge in [0.1, 0.15) is 0 Å². The molecule has 0 amide bonds. The Kier molecular flexibility index (Phi) is 7.19. The van der Waals surface area contributed by atoms with Crippen molar-refractivity contribution >= 4 is 0 Å². The molecular formula is C15H31N5. The Morgan fingerprint density at radius 2 is 1.95 bits per heavy atom. The predicted octanol–water partition coefficient (Wildman–Crippen LogP) is 1.74. The number of likely N-dealkylation sites (N-methyl/N-ethyl adjacent to an activating group) is 1. The van der Waals surface area contributed by atoms with Crippen molar-refractivity contribution in [1.29, 1.82) is 0 Å². The number of hydrogen-bond acceptors (Lipinski definition) is 4. The molecule has 0 aliphatic rings. The lowest BCUT2D eigenvalue weighted by molar-refractivity contribution is 0.175. The molecule has 0 radical (unpaired) electrons. The molecule has 1 aromatic heterocycles. The maximum Gasteiger partial charge on any atom is 0.0951 e. The van der Waals surface area contributed by atoms with Crippen LogP contribution in [0.15, 0.2) is 12.5 Å². The topological polar surface area (TPSA) is 50.3 Å². The summed E-state index contributed by atoms with van der Waals surface area (Å²) in [6.45, 7) is 10.4. The molecule has 1 heterocycles. The highest BCUT2D eigenvalue weighted by Crippen LogP contribution is 2.22. The fourth-order valence-electron chi connectivity index (χ4n) is 2.50. The van der Waals surface area contributed by atoms with Crippen LogP contribution in [0, 0.1) is 0 Å². The molecule has 0 spiro atoms. The molecule has 0 aromatic carbocycles. The second-order valence-corrected chi connectivity index (χ2v) is 5.91. The first kappa shape index (κ1) is 17.1. The van der Waals surface area contributed by atoms with Gasteiger partial charge in [-0.05, 0) is 40.9 Å². The van der Waals surface area contributed by atoms with Gasteiger partial charge in [0.25, 0.3) is 0 Å². The molecule has 20 heavy (non-hydrogen) atoms. The van der Waals surface area contributed by atoms with Crippen LogP contribution in [0.3, 0.4) is 0 Å². The Morgan fingerprint density at radius 1 is 1.25 bits per heavy atom. The van der Waals surface area contributed by atoms with E-state index >= 15 is 0 Å². The third kappa shape index (κ3) is 4.58. The fraction of sp³-hybridized carbons (Fsp3) is 0.800. The van der Waals surface area contributed by atoms with Crippen LogP contribution in [0.2, 0.25) is 0 Å². The number of hydrogen-bond donors (Lipinski definition) is 1. The van der Waals surface area contributed by atoms with Gasteiger partial charge in [-0.25, -0.2) is 4.98 Å². The third-order valence-electron chi connectivity index (χ3n) is 3.60. The highest BCUT2D eigenvalue weighted by Gasteiger charge is 2.22. The van der Waals surface area contributed by atoms with Crippen LogP contribution < -0.4 is 5.73 Å². The van der Waals surface area contributed by atoms with Crippen LogP contribution in [0.5, 0.6) is 0 Å². The summed E-state index contributed by atoms with van der Waals surface area (Å²) in [6.07, 6.45) is 5.02. The van der Waals surface area contributed by atoms with E-state index in [4.69, 9.17) is 5.73 Å². The van der Waals surface area contributed by atoms with E-state index in [0.717, 1.165) is 26.1 Å². The molecule has 0 aliphatic heterocycles. The van der Waals surface area contributed by atoms with Gasteiger partial charge in [-0.3, -0.25) is 4.90 Å². The standard InChI is InChI=1S/C15H31N5/c1-6-7-19(9-8-18(4)5)14(10-16)15-11-17-12-20(15)13(2)3/h11-14H,6-10,16H2,1-5H3. The van der Waals surface area contributed by atoms with Crippen molar-refractivity contribution in [3.63, 3.8) is 0 Å². The zero-order chi connectivity index (χ0) is 15.1. The SMILES string of the molecule is CCCN(CCN(C)C)C(CN)c1cncn1C(C)C. The molecule has 0 saturated heterocycles. The van der Waals surface area contributed by atoms with Crippen molar-refractivity contribution in [3.8, 4) is 0 Å². The number of imidazole rings is 1. The molecule has 116 valence electrons. The molecule has 5 nitrogen and oxygen atoms in total. The van der Waals surface area contributed by atoms with Crippen LogP contribution in [-0.2, 0) is 0 Å². The fourth-order valence-corrected chi connectivity index (χ4v) is 2.50. The van der Waals surface area contributed by atoms with Gasteiger partial charge in [0.2, 0.25) is 0 Å². The zero-order valence-corrected chi connectivity index (χ0v) is 13.7. The first-order chi connectivity index (χ1) is 9.51. The first-order valence-electron chi connectivity index (χ1n) is 7.61. The number of aromatic nitrogens is 2. The highest BCUT2D eigenvalue weighted by atomic mass is 15.2. The Hall–Kier alpha value is -0.910. The van der Waals surface area contributed by atoms with Crippen molar-refractivity contribution in [2.75, 3.05) is 40.3 Å². The molecule has 1 aromatic rings. The molecule has 1 rings (SSSR count). The predicted molar refractivity (Wildman–Crippen MR) is 84.8 cm³/mol. The van der Waals surface area contributed by atoms with Gasteiger partial charge in [-0.2, -0.15) is 0 Å². The van der Waals surface area contributed by atoms with Gasteiger partial charge < -0.3 is 15.2 Å². The Bertz CT molecular complexity index is 372. The van der Waals surface area contributed by atoms with E-state index in [1.165, 1.54) is 5.69 Å². The molecule has 2 N–H and O–H groups in total. The van der Waals surface area contributed by atoms with E-state index in [-0.39, 0.29) is 6.04 Å². The summed E-state index contributed by atoms with van der Waals surface area (Å²) >= 11 is 0. The van der Waals surface area contributed by atoms with Gasteiger partial charge in [0, 0.05) is 31.9 Å². The van der Waals surface area contributed by atoms with Crippen LogP contribution in [-0.4, -0.2) is 59.6 Å². The molecule has 5 heteroatoms. The van der Waals surface area contributed by atoms with Crippen LogP contribution in [0.25, 0.3) is 0 Å². The van der Waals surface area contributed by atoms with Crippen molar-refractivity contribution in [1.82, 2.24) is 19.4 Å². The van der Waals surface area contributed by atoms with Gasteiger partial charge in [0.05, 0.1) is 18.1 Å². The maximum atomic E-state index is 6.07. The summed E-state index contributed by atoms with van der Waals surface area (Å²) < 4.78 is 2.23. The second-order valence-electron chi connectivity index (χ2n) is 5.91. The molecule has 0 bridgehead atoms. The number of nitrogens with zero attached hydrogens (tertiary/aromatic N) is 4. The van der Waals surface area contributed by atoms with Gasteiger partial charge in [0.15, 0.2) is 0 Å². The van der Waals surface area contributed by atoms with Crippen molar-refractivity contribution < 1.29 is 0 Å². The normalized spacial score (nSPS) is 13.7. The molecule has 1 atom stereocenters. The lowest BCUT2D eigenvalue weighted by Crippen LogP contribution is -2.39. The highest BCUT2D eigenvalue weighted by molar-refractivity contribution is 5.07. The van der Waals surface area contributed by atoms with E-state index in [0.29, 0.717) is 12.6 Å². The van der Waals surface area contributed by atoms with E-state index in [2.05, 4.69) is 54.2 Å². The van der Waals surface area contributed by atoms with E-state index in [9.17, 15) is 0 Å². The first-order valence-corrected chi connectivity index (χ1v) is 7.61. The van der Waals surface area contributed by atoms with E-state index < -0.39 is 0 Å². The van der Waals surface area contributed by atoms with Gasteiger partial charge in [-0.1, -0.05) is 6.92 Å². The monoisotopic (exact) mass is 281 g/mol. The van der Waals surface area contributed by atoms with Crippen LogP contribution >= 0.6 is 0 Å². The summed E-state index contributed by atoms with van der Waals surface area (Å²) in [5.41, 5.74) is 7.31. The Morgan fingerprint density at radius 3 is 2.45 bits per heavy atom. The summed E-state index contributed by atoms with van der Waals surface area (Å²) in [6, 6.07) is 0.665. The largest absolute Gasteiger partial charge is 0.331 e. The molecule has 1 unspecified atom stereocenters. The smallest absolute Gasteiger partial charge is 0.0951 e. The summed E-state index contributed by atoms with van der Waals surface area (Å²) in [7, 11) is 4.22. The molecule has 0 saturated carbocycles. The number of nitrogens with two attached hydrogens (primary N) is 1. The Balaban J connectivity index is 2.90. The van der Waals surface area contributed by atoms with Crippen LogP contribution in [0.4, 0.5) is 0 Å². The number of rotatable bonds is 9. The average Bonchev–Trinajstić information content (AvgIpc) is 2.86. The lowest BCUT2D eigenvalue weighted by atomic mass is 10.1.